The van der Waals surface area contributed by atoms with Gasteiger partial charge in [-0.15, -0.1) is 0 Å². The van der Waals surface area contributed by atoms with Crippen molar-refractivity contribution < 1.29 is 5.53 Å². The van der Waals surface area contributed by atoms with E-state index in [9.17, 15) is 0 Å². The molecule has 0 fully saturated rings. The Bertz CT molecular complexity index is 531. The third kappa shape index (κ3) is 1.83. The van der Waals surface area contributed by atoms with E-state index < -0.39 is 0 Å². The highest BCUT2D eigenvalue weighted by Crippen LogP contribution is 2.15. The minimum Gasteiger partial charge on any atom is -0.360 e. The number of amidine groups is 1. The van der Waals surface area contributed by atoms with Gasteiger partial charge in [-0.05, 0) is 22.9 Å². The van der Waals surface area contributed by atoms with Gasteiger partial charge in [0.25, 0.3) is 5.84 Å². The van der Waals surface area contributed by atoms with Crippen molar-refractivity contribution in [2.24, 2.45) is 16.1 Å². The zero-order valence-corrected chi connectivity index (χ0v) is 8.09. The molecule has 0 aliphatic rings. The summed E-state index contributed by atoms with van der Waals surface area (Å²) in [7, 11) is 0. The van der Waals surface area contributed by atoms with Crippen LogP contribution in [0, 0.1) is 0 Å². The first-order valence-corrected chi connectivity index (χ1v) is 4.54. The highest BCUT2D eigenvalue weighted by molar-refractivity contribution is 6.00. The van der Waals surface area contributed by atoms with Gasteiger partial charge in [-0.3, -0.25) is 0 Å². The van der Waals surface area contributed by atoms with Crippen LogP contribution in [0.5, 0.6) is 0 Å². The van der Waals surface area contributed by atoms with Gasteiger partial charge in [0.15, 0.2) is 0 Å². The second-order valence-corrected chi connectivity index (χ2v) is 3.16. The van der Waals surface area contributed by atoms with E-state index in [1.54, 1.807) is 0 Å². The van der Waals surface area contributed by atoms with Gasteiger partial charge < -0.3 is 5.73 Å². The Morgan fingerprint density at radius 2 is 1.80 bits per heavy atom. The number of hydrogen-bond donors (Lipinski definition) is 2. The van der Waals surface area contributed by atoms with Crippen molar-refractivity contribution in [2.45, 2.75) is 0 Å². The first-order valence-electron chi connectivity index (χ1n) is 4.54. The second-order valence-electron chi connectivity index (χ2n) is 3.16. The fraction of sp³-hybridized carbons (Fsp3) is 0. The number of fused-ring (bicyclic) bond motifs is 1. The van der Waals surface area contributed by atoms with Gasteiger partial charge in [-0.1, -0.05) is 30.3 Å². The summed E-state index contributed by atoms with van der Waals surface area (Å²) in [6, 6.07) is 13.9. The highest BCUT2D eigenvalue weighted by Gasteiger charge is 2.04. The summed E-state index contributed by atoms with van der Waals surface area (Å²) < 4.78 is 0. The molecule has 0 unspecified atom stereocenters. The SMILES string of the molecule is NC(=NN=[NH2+])c1ccc2ccccc2c1. The van der Waals surface area contributed by atoms with Crippen LogP contribution in [0.1, 0.15) is 5.56 Å². The fourth-order valence-electron chi connectivity index (χ4n) is 1.47. The molecule has 0 aliphatic heterocycles. The van der Waals surface area contributed by atoms with E-state index in [1.807, 2.05) is 42.5 Å². The molecule has 0 amide bonds. The molecule has 74 valence electrons. The lowest BCUT2D eigenvalue weighted by molar-refractivity contribution is -0.221. The molecule has 0 radical (unpaired) electrons. The minimum absolute atomic E-state index is 0.322. The van der Waals surface area contributed by atoms with E-state index in [1.165, 1.54) is 5.39 Å². The number of benzene rings is 2. The van der Waals surface area contributed by atoms with Crippen LogP contribution in [0.15, 0.2) is 52.8 Å². The maximum atomic E-state index is 5.67. The highest BCUT2D eigenvalue weighted by atomic mass is 15.3. The van der Waals surface area contributed by atoms with Crippen molar-refractivity contribution in [2.75, 3.05) is 0 Å². The van der Waals surface area contributed by atoms with Crippen molar-refractivity contribution in [1.82, 2.24) is 0 Å². The average molecular weight is 199 g/mol. The molecule has 0 aliphatic carbocycles. The maximum absolute atomic E-state index is 5.67. The van der Waals surface area contributed by atoms with Crippen LogP contribution < -0.4 is 11.3 Å². The van der Waals surface area contributed by atoms with Crippen molar-refractivity contribution >= 4 is 16.6 Å². The van der Waals surface area contributed by atoms with Gasteiger partial charge in [-0.2, -0.15) is 5.53 Å². The van der Waals surface area contributed by atoms with Crippen LogP contribution >= 0.6 is 0 Å². The van der Waals surface area contributed by atoms with Crippen molar-refractivity contribution in [3.05, 3.63) is 48.0 Å². The molecule has 2 aromatic rings. The largest absolute Gasteiger partial charge is 0.360 e. The number of rotatable bonds is 2. The number of hydrogen-bond acceptors (Lipinski definition) is 1. The van der Waals surface area contributed by atoms with Gasteiger partial charge >= 0.3 is 0 Å². The molecule has 0 aromatic heterocycles. The first kappa shape index (κ1) is 9.33. The molecule has 0 bridgehead atoms. The summed E-state index contributed by atoms with van der Waals surface area (Å²) in [6.45, 7) is 0. The van der Waals surface area contributed by atoms with Gasteiger partial charge in [0.1, 0.15) is 5.22 Å². The molecule has 0 spiro atoms. The number of nitrogens with two attached hydrogens (primary N) is 2. The quantitative estimate of drug-likeness (QED) is 0.317. The van der Waals surface area contributed by atoms with Crippen molar-refractivity contribution in [3.8, 4) is 0 Å². The van der Waals surface area contributed by atoms with Crippen molar-refractivity contribution in [3.63, 3.8) is 0 Å². The van der Waals surface area contributed by atoms with E-state index in [-0.39, 0.29) is 0 Å². The lowest BCUT2D eigenvalue weighted by Gasteiger charge is -1.98. The zero-order valence-electron chi connectivity index (χ0n) is 8.09. The van der Waals surface area contributed by atoms with Gasteiger partial charge in [0.2, 0.25) is 0 Å². The van der Waals surface area contributed by atoms with Crippen LogP contribution in [0.25, 0.3) is 10.8 Å². The first-order chi connectivity index (χ1) is 7.31. The van der Waals surface area contributed by atoms with Crippen molar-refractivity contribution in [1.29, 1.82) is 0 Å². The minimum atomic E-state index is 0.322. The summed E-state index contributed by atoms with van der Waals surface area (Å²) in [4.78, 5) is 0. The molecule has 0 atom stereocenters. The zero-order chi connectivity index (χ0) is 10.7. The maximum Gasteiger partial charge on any atom is 0.273 e. The number of nitrogens with zero attached hydrogens (tertiary/aromatic N) is 2. The van der Waals surface area contributed by atoms with Crippen LogP contribution in [-0.4, -0.2) is 5.84 Å². The lowest BCUT2D eigenvalue weighted by atomic mass is 10.1. The van der Waals surface area contributed by atoms with E-state index in [2.05, 4.69) is 10.3 Å². The third-order valence-electron chi connectivity index (χ3n) is 2.21. The molecular formula is C11H11N4+. The molecule has 0 saturated carbocycles. The fourth-order valence-corrected chi connectivity index (χ4v) is 1.47. The molecule has 2 rings (SSSR count). The summed E-state index contributed by atoms with van der Waals surface area (Å²) in [5.41, 5.74) is 11.4. The third-order valence-corrected chi connectivity index (χ3v) is 2.21. The van der Waals surface area contributed by atoms with Crippen LogP contribution in [0.4, 0.5) is 0 Å². The second kappa shape index (κ2) is 3.88. The molecule has 15 heavy (non-hydrogen) atoms. The van der Waals surface area contributed by atoms with Gasteiger partial charge in [0, 0.05) is 5.56 Å². The summed E-state index contributed by atoms with van der Waals surface area (Å²) in [5.74, 6) is 0.322. The molecule has 2 aromatic carbocycles. The Morgan fingerprint density at radius 1 is 1.07 bits per heavy atom. The molecular weight excluding hydrogens is 188 g/mol. The summed E-state index contributed by atoms with van der Waals surface area (Å²) >= 11 is 0. The van der Waals surface area contributed by atoms with E-state index in [0.717, 1.165) is 10.9 Å². The Labute approximate surface area is 86.9 Å². The molecule has 4 heteroatoms. The predicted octanol–water partition coefficient (Wildman–Crippen LogP) is 0.671. The molecule has 0 saturated heterocycles. The van der Waals surface area contributed by atoms with Gasteiger partial charge in [0.05, 0.1) is 5.10 Å². The summed E-state index contributed by atoms with van der Waals surface area (Å²) in [5, 5.41) is 9.04. The lowest BCUT2D eigenvalue weighted by Crippen LogP contribution is -2.23. The smallest absolute Gasteiger partial charge is 0.273 e. The monoisotopic (exact) mass is 199 g/mol. The summed E-state index contributed by atoms with van der Waals surface area (Å²) in [6.07, 6.45) is 0. The topological polar surface area (TPSA) is 76.3 Å². The Morgan fingerprint density at radius 3 is 2.53 bits per heavy atom. The van der Waals surface area contributed by atoms with Crippen LogP contribution in [0.2, 0.25) is 0 Å². The molecule has 4 N–H and O–H groups in total. The van der Waals surface area contributed by atoms with E-state index >= 15 is 0 Å². The Kier molecular flexibility index (Phi) is 2.41. The standard InChI is InChI=1S/C11H10N4/c12-11(14-15-13)10-6-5-8-3-1-2-4-9(8)7-10/h1-7H,(H3,12,13,14)/p+1. The average Bonchev–Trinajstić information content (AvgIpc) is 2.29. The van der Waals surface area contributed by atoms with Crippen LogP contribution in [-0.2, 0) is 0 Å². The normalized spacial score (nSPS) is 11.6. The Hall–Kier alpha value is -2.23. The predicted molar refractivity (Wildman–Crippen MR) is 59.0 cm³/mol. The Balaban J connectivity index is 2.56. The van der Waals surface area contributed by atoms with Crippen LogP contribution in [0.3, 0.4) is 0 Å². The van der Waals surface area contributed by atoms with Gasteiger partial charge in [-0.25, -0.2) is 0 Å². The van der Waals surface area contributed by atoms with E-state index in [0.29, 0.717) is 5.84 Å². The molecule has 0 heterocycles. The van der Waals surface area contributed by atoms with E-state index in [4.69, 9.17) is 11.3 Å². The molecule has 4 nitrogen and oxygen atoms in total.